The highest BCUT2D eigenvalue weighted by molar-refractivity contribution is 9.13. The number of aliphatic hydroxyl groups excluding tert-OH is 1. The highest BCUT2D eigenvalue weighted by Gasteiger charge is 2.16. The van der Waals surface area contributed by atoms with Gasteiger partial charge in [-0.2, -0.15) is 0 Å². The van der Waals surface area contributed by atoms with Gasteiger partial charge >= 0.3 is 0 Å². The van der Waals surface area contributed by atoms with Crippen LogP contribution in [0, 0.1) is 0 Å². The van der Waals surface area contributed by atoms with E-state index >= 15 is 0 Å². The topological polar surface area (TPSA) is 46.3 Å². The Morgan fingerprint density at radius 1 is 1.39 bits per heavy atom. The zero-order valence-corrected chi connectivity index (χ0v) is 13.0. The number of rotatable bonds is 4. The van der Waals surface area contributed by atoms with Gasteiger partial charge in [-0.3, -0.25) is 4.98 Å². The maximum Gasteiger partial charge on any atom is 0.183 e. The lowest BCUT2D eigenvalue weighted by Crippen LogP contribution is -2.02. The van der Waals surface area contributed by atoms with Crippen LogP contribution in [0.15, 0.2) is 38.0 Å². The quantitative estimate of drug-likeness (QED) is 0.878. The number of hydrogen-bond acceptors (Lipinski definition) is 3. The molecule has 96 valence electrons. The molecule has 1 atom stereocenters. The molecule has 18 heavy (non-hydrogen) atoms. The fourth-order valence-electron chi connectivity index (χ4n) is 1.61. The molecule has 1 N–H and O–H groups in total. The van der Waals surface area contributed by atoms with Crippen molar-refractivity contribution in [3.05, 3.63) is 50.6 Å². The summed E-state index contributed by atoms with van der Waals surface area (Å²) in [5, 5.41) is 10.1. The van der Waals surface area contributed by atoms with Crippen LogP contribution < -0.4 is 0 Å². The second kappa shape index (κ2) is 5.99. The predicted molar refractivity (Wildman–Crippen MR) is 76.4 cm³/mol. The van der Waals surface area contributed by atoms with Crippen molar-refractivity contribution < 1.29 is 9.52 Å². The molecular formula is C13H13Br2NO2. The standard InChI is InChI=1S/C13H13Br2NO2/c1-2-8-3-4-9(16-7-8)5-11(17)12-6-10(14)13(15)18-12/h3-4,6-7,11,17H,2,5H2,1H3. The summed E-state index contributed by atoms with van der Waals surface area (Å²) in [7, 11) is 0. The number of hydrogen-bond donors (Lipinski definition) is 1. The summed E-state index contributed by atoms with van der Waals surface area (Å²) in [5.41, 5.74) is 2.04. The summed E-state index contributed by atoms with van der Waals surface area (Å²) in [5.74, 6) is 0.523. The predicted octanol–water partition coefficient (Wildman–Crippen LogP) is 4.04. The van der Waals surface area contributed by atoms with Crippen molar-refractivity contribution in [1.82, 2.24) is 4.98 Å². The molecule has 5 heteroatoms. The molecule has 0 spiro atoms. The van der Waals surface area contributed by atoms with E-state index in [1.807, 2.05) is 18.3 Å². The highest BCUT2D eigenvalue weighted by atomic mass is 79.9. The summed E-state index contributed by atoms with van der Waals surface area (Å²) in [6.07, 6.45) is 2.56. The maximum atomic E-state index is 10.1. The SMILES string of the molecule is CCc1ccc(CC(O)c2cc(Br)c(Br)o2)nc1. The number of aliphatic hydroxyl groups is 1. The van der Waals surface area contributed by atoms with Crippen LogP contribution in [0.3, 0.4) is 0 Å². The molecule has 0 fully saturated rings. The highest BCUT2D eigenvalue weighted by Crippen LogP contribution is 2.30. The van der Waals surface area contributed by atoms with Gasteiger partial charge in [0.25, 0.3) is 0 Å². The van der Waals surface area contributed by atoms with Crippen molar-refractivity contribution in [3.8, 4) is 0 Å². The molecular weight excluding hydrogens is 362 g/mol. The van der Waals surface area contributed by atoms with E-state index in [0.29, 0.717) is 16.9 Å². The molecule has 2 rings (SSSR count). The Morgan fingerprint density at radius 2 is 2.17 bits per heavy atom. The van der Waals surface area contributed by atoms with Gasteiger partial charge in [-0.15, -0.1) is 0 Å². The Balaban J connectivity index is 2.08. The summed E-state index contributed by atoms with van der Waals surface area (Å²) in [6.45, 7) is 2.09. The lowest BCUT2D eigenvalue weighted by molar-refractivity contribution is 0.147. The molecule has 0 aliphatic heterocycles. The minimum atomic E-state index is -0.687. The molecule has 0 amide bonds. The zero-order chi connectivity index (χ0) is 13.1. The average molecular weight is 375 g/mol. The largest absolute Gasteiger partial charge is 0.450 e. The second-order valence-corrected chi connectivity index (χ2v) is 5.58. The summed E-state index contributed by atoms with van der Waals surface area (Å²) < 4.78 is 6.77. The van der Waals surface area contributed by atoms with Crippen LogP contribution in [0.5, 0.6) is 0 Å². The fraction of sp³-hybridized carbons (Fsp3) is 0.308. The summed E-state index contributed by atoms with van der Waals surface area (Å²) in [6, 6.07) is 5.73. The van der Waals surface area contributed by atoms with Gasteiger partial charge in [0.15, 0.2) is 4.67 Å². The van der Waals surface area contributed by atoms with E-state index < -0.39 is 6.10 Å². The van der Waals surface area contributed by atoms with Crippen molar-refractivity contribution >= 4 is 31.9 Å². The van der Waals surface area contributed by atoms with E-state index in [-0.39, 0.29) is 0 Å². The average Bonchev–Trinajstić information content (AvgIpc) is 2.71. The molecule has 2 aromatic heterocycles. The Kier molecular flexibility index (Phi) is 4.59. The molecule has 0 bridgehead atoms. The van der Waals surface area contributed by atoms with E-state index in [1.54, 1.807) is 6.07 Å². The molecule has 1 unspecified atom stereocenters. The first-order valence-corrected chi connectivity index (χ1v) is 7.25. The van der Waals surface area contributed by atoms with Crippen LogP contribution in [0.4, 0.5) is 0 Å². The maximum absolute atomic E-state index is 10.1. The number of aromatic nitrogens is 1. The van der Waals surface area contributed by atoms with Crippen LogP contribution in [-0.4, -0.2) is 10.1 Å². The van der Waals surface area contributed by atoms with Crippen molar-refractivity contribution in [3.63, 3.8) is 0 Å². The van der Waals surface area contributed by atoms with E-state index in [0.717, 1.165) is 16.6 Å². The Hall–Kier alpha value is -0.650. The van der Waals surface area contributed by atoms with E-state index in [4.69, 9.17) is 4.42 Å². The molecule has 0 radical (unpaired) electrons. The fourth-order valence-corrected chi connectivity index (χ4v) is 2.22. The van der Waals surface area contributed by atoms with E-state index in [2.05, 4.69) is 43.8 Å². The summed E-state index contributed by atoms with van der Waals surface area (Å²) >= 11 is 6.57. The number of pyridine rings is 1. The number of furan rings is 1. The van der Waals surface area contributed by atoms with Crippen molar-refractivity contribution in [2.45, 2.75) is 25.9 Å². The van der Waals surface area contributed by atoms with Gasteiger partial charge in [-0.25, -0.2) is 0 Å². The Morgan fingerprint density at radius 3 is 2.67 bits per heavy atom. The third kappa shape index (κ3) is 3.22. The molecule has 2 aromatic rings. The first kappa shape index (κ1) is 13.8. The number of aryl methyl sites for hydroxylation is 1. The molecule has 0 aliphatic carbocycles. The monoisotopic (exact) mass is 373 g/mol. The van der Waals surface area contributed by atoms with Gasteiger partial charge in [-0.1, -0.05) is 13.0 Å². The Bertz CT molecular complexity index is 503. The van der Waals surface area contributed by atoms with E-state index in [1.165, 1.54) is 5.56 Å². The molecule has 0 aliphatic rings. The second-order valence-electron chi connectivity index (χ2n) is 4.00. The van der Waals surface area contributed by atoms with E-state index in [9.17, 15) is 5.11 Å². The van der Waals surface area contributed by atoms with Crippen molar-refractivity contribution in [2.75, 3.05) is 0 Å². The molecule has 0 saturated heterocycles. The Labute approximate surface area is 122 Å². The normalized spacial score (nSPS) is 12.7. The lowest BCUT2D eigenvalue weighted by Gasteiger charge is -2.07. The van der Waals surface area contributed by atoms with Gasteiger partial charge in [0.1, 0.15) is 11.9 Å². The zero-order valence-electron chi connectivity index (χ0n) is 9.86. The van der Waals surface area contributed by atoms with Crippen LogP contribution in [0.25, 0.3) is 0 Å². The van der Waals surface area contributed by atoms with Gasteiger partial charge in [0.05, 0.1) is 4.47 Å². The van der Waals surface area contributed by atoms with Crippen LogP contribution in [0.2, 0.25) is 0 Å². The number of nitrogens with zero attached hydrogens (tertiary/aromatic N) is 1. The molecule has 0 saturated carbocycles. The lowest BCUT2D eigenvalue weighted by atomic mass is 10.1. The minimum Gasteiger partial charge on any atom is -0.450 e. The van der Waals surface area contributed by atoms with Gasteiger partial charge in [0.2, 0.25) is 0 Å². The summed E-state index contributed by atoms with van der Waals surface area (Å²) in [4.78, 5) is 4.32. The molecule has 2 heterocycles. The van der Waals surface area contributed by atoms with Crippen LogP contribution >= 0.6 is 31.9 Å². The van der Waals surface area contributed by atoms with Crippen LogP contribution in [-0.2, 0) is 12.8 Å². The van der Waals surface area contributed by atoms with Crippen molar-refractivity contribution in [2.24, 2.45) is 0 Å². The minimum absolute atomic E-state index is 0.441. The van der Waals surface area contributed by atoms with Gasteiger partial charge in [0, 0.05) is 18.3 Å². The smallest absolute Gasteiger partial charge is 0.183 e. The van der Waals surface area contributed by atoms with Crippen LogP contribution in [0.1, 0.15) is 30.0 Å². The molecule has 3 nitrogen and oxygen atoms in total. The number of halogens is 2. The van der Waals surface area contributed by atoms with Gasteiger partial charge in [-0.05, 0) is 56.0 Å². The first-order chi connectivity index (χ1) is 8.60. The van der Waals surface area contributed by atoms with Gasteiger partial charge < -0.3 is 9.52 Å². The first-order valence-electron chi connectivity index (χ1n) is 5.66. The molecule has 0 aromatic carbocycles. The third-order valence-corrected chi connectivity index (χ3v) is 4.40. The van der Waals surface area contributed by atoms with Crippen molar-refractivity contribution in [1.29, 1.82) is 0 Å². The third-order valence-electron chi connectivity index (χ3n) is 2.69.